The molecule has 0 saturated carbocycles. The predicted molar refractivity (Wildman–Crippen MR) is 140 cm³/mol. The number of phenolic OH excluding ortho intramolecular Hbond substituents is 1. The molecule has 226 valence electrons. The lowest BCUT2D eigenvalue weighted by Gasteiger charge is -2.44. The van der Waals surface area contributed by atoms with Crippen LogP contribution in [0.1, 0.15) is 30.5 Å². The summed E-state index contributed by atoms with van der Waals surface area (Å²) >= 11 is 0. The number of carbonyl (C=O) groups excluding carboxylic acids is 2. The summed E-state index contributed by atoms with van der Waals surface area (Å²) in [5.74, 6) is -2.11. The lowest BCUT2D eigenvalue weighted by Crippen LogP contribution is -2.60. The van der Waals surface area contributed by atoms with Gasteiger partial charge in [-0.2, -0.15) is 0 Å². The van der Waals surface area contributed by atoms with Crippen molar-refractivity contribution in [3.05, 3.63) is 47.7 Å². The second-order valence-corrected chi connectivity index (χ2v) is 10.3. The molecule has 0 aromatic heterocycles. The van der Waals surface area contributed by atoms with Crippen LogP contribution in [-0.2, 0) is 35.0 Å². The van der Waals surface area contributed by atoms with Crippen LogP contribution in [0, 0.1) is 11.8 Å². The van der Waals surface area contributed by atoms with E-state index in [0.717, 1.165) is 5.56 Å². The van der Waals surface area contributed by atoms with Crippen molar-refractivity contribution in [2.24, 2.45) is 11.8 Å². The van der Waals surface area contributed by atoms with E-state index < -0.39 is 67.4 Å². The number of esters is 1. The number of benzene rings is 1. The Balaban J connectivity index is 1.70. The van der Waals surface area contributed by atoms with E-state index in [1.165, 1.54) is 33.5 Å². The fourth-order valence-corrected chi connectivity index (χ4v) is 5.78. The molecule has 1 aromatic rings. The lowest BCUT2D eigenvalue weighted by molar-refractivity contribution is -0.339. The number of methoxy groups -OCH3 is 2. The first kappa shape index (κ1) is 30.8. The molecule has 3 heterocycles. The molecule has 0 radical (unpaired) electrons. The van der Waals surface area contributed by atoms with Crippen molar-refractivity contribution in [2.45, 2.75) is 62.8 Å². The van der Waals surface area contributed by atoms with E-state index in [9.17, 15) is 35.1 Å². The fraction of sp³-hybridized carbons (Fsp3) is 0.571. The van der Waals surface area contributed by atoms with Crippen molar-refractivity contribution in [2.75, 3.05) is 27.4 Å². The van der Waals surface area contributed by atoms with Crippen LogP contribution in [-0.4, -0.2) is 107 Å². The summed E-state index contributed by atoms with van der Waals surface area (Å²) in [6.07, 6.45) is -5.42. The van der Waals surface area contributed by atoms with Gasteiger partial charge in [-0.15, -0.1) is 6.58 Å². The van der Waals surface area contributed by atoms with Gasteiger partial charge in [-0.25, -0.2) is 4.79 Å². The molecule has 1 fully saturated rings. The molecule has 0 unspecified atom stereocenters. The summed E-state index contributed by atoms with van der Waals surface area (Å²) in [5.41, 5.74) is 1.72. The van der Waals surface area contributed by atoms with Gasteiger partial charge >= 0.3 is 5.97 Å². The maximum atomic E-state index is 12.9. The third-order valence-electron chi connectivity index (χ3n) is 8.00. The van der Waals surface area contributed by atoms with Crippen molar-refractivity contribution in [3.63, 3.8) is 0 Å². The molecule has 0 aliphatic carbocycles. The number of phenols is 1. The average molecular weight is 580 g/mol. The molecule has 9 atom stereocenters. The predicted octanol–water partition coefficient (Wildman–Crippen LogP) is -0.115. The normalized spacial score (nSPS) is 33.2. The molecule has 0 bridgehead atoms. The highest BCUT2D eigenvalue weighted by Crippen LogP contribution is 2.45. The standard InChI is InChI=1S/C28H37NO12/c1-5-15-17(9-19-16-10-20(32)21(37-3)8-14(16)6-7-29(19)13(2)31)18(26(36)38-4)12-39-27(15)41-28-25(35)24(34)23(33)22(11-30)40-28/h5,8,10,12,15,17,19,22-25,27-28,30,32-35H,1,6-7,9,11H2,2-4H3/t15-,17-,19-,22-,23-,24+,25-,27+,28+/m1/s1. The Morgan fingerprint density at radius 3 is 2.49 bits per heavy atom. The van der Waals surface area contributed by atoms with Gasteiger partial charge in [-0.1, -0.05) is 6.08 Å². The van der Waals surface area contributed by atoms with Crippen LogP contribution < -0.4 is 4.74 Å². The Kier molecular flexibility index (Phi) is 9.57. The Hall–Kier alpha value is -3.20. The minimum atomic E-state index is -1.68. The lowest BCUT2D eigenvalue weighted by atomic mass is 9.76. The molecule has 1 saturated heterocycles. The van der Waals surface area contributed by atoms with Gasteiger partial charge in [0.15, 0.2) is 17.8 Å². The van der Waals surface area contributed by atoms with Crippen LogP contribution in [0.25, 0.3) is 0 Å². The van der Waals surface area contributed by atoms with Crippen molar-refractivity contribution in [3.8, 4) is 11.5 Å². The van der Waals surface area contributed by atoms with E-state index >= 15 is 0 Å². The van der Waals surface area contributed by atoms with Gasteiger partial charge in [0.05, 0.1) is 38.7 Å². The van der Waals surface area contributed by atoms with Gasteiger partial charge in [0.25, 0.3) is 0 Å². The summed E-state index contributed by atoms with van der Waals surface area (Å²) in [6, 6.07) is 2.71. The zero-order chi connectivity index (χ0) is 30.0. The second kappa shape index (κ2) is 12.8. The Morgan fingerprint density at radius 2 is 1.88 bits per heavy atom. The van der Waals surface area contributed by atoms with Crippen LogP contribution >= 0.6 is 0 Å². The summed E-state index contributed by atoms with van der Waals surface area (Å²) in [7, 11) is 2.67. The summed E-state index contributed by atoms with van der Waals surface area (Å²) in [5, 5.41) is 50.9. The highest BCUT2D eigenvalue weighted by atomic mass is 16.8. The van der Waals surface area contributed by atoms with Crippen LogP contribution in [0.2, 0.25) is 0 Å². The summed E-state index contributed by atoms with van der Waals surface area (Å²) in [6.45, 7) is 5.09. The number of ether oxygens (including phenoxy) is 5. The summed E-state index contributed by atoms with van der Waals surface area (Å²) < 4.78 is 27.4. The van der Waals surface area contributed by atoms with Crippen LogP contribution in [0.3, 0.4) is 0 Å². The van der Waals surface area contributed by atoms with Gasteiger partial charge in [-0.05, 0) is 36.1 Å². The topological polar surface area (TPSA) is 185 Å². The molecule has 4 rings (SSSR count). The zero-order valence-electron chi connectivity index (χ0n) is 23.1. The second-order valence-electron chi connectivity index (χ2n) is 10.3. The van der Waals surface area contributed by atoms with E-state index in [-0.39, 0.29) is 23.7 Å². The Morgan fingerprint density at radius 1 is 1.15 bits per heavy atom. The van der Waals surface area contributed by atoms with Gasteiger partial charge < -0.3 is 54.1 Å². The smallest absolute Gasteiger partial charge is 0.337 e. The maximum absolute atomic E-state index is 12.9. The average Bonchev–Trinajstić information content (AvgIpc) is 2.96. The third kappa shape index (κ3) is 5.92. The number of carbonyl (C=O) groups is 2. The van der Waals surface area contributed by atoms with E-state index in [0.29, 0.717) is 24.3 Å². The Labute approximate surface area is 237 Å². The Bertz CT molecular complexity index is 1170. The highest BCUT2D eigenvalue weighted by molar-refractivity contribution is 5.89. The van der Waals surface area contributed by atoms with Crippen molar-refractivity contribution in [1.82, 2.24) is 4.90 Å². The molecule has 3 aliphatic rings. The molecule has 0 spiro atoms. The van der Waals surface area contributed by atoms with Crippen LogP contribution in [0.15, 0.2) is 36.6 Å². The molecule has 5 N–H and O–H groups in total. The van der Waals surface area contributed by atoms with E-state index in [4.69, 9.17) is 23.7 Å². The van der Waals surface area contributed by atoms with Gasteiger partial charge in [-0.3, -0.25) is 4.79 Å². The number of hydrogen-bond acceptors (Lipinski definition) is 12. The SMILES string of the molecule is C=C[C@H]1[C@H](O[C@@H]2O[C@H](CO)[C@@H](O)[C@H](O)[C@H]2O)OC=C(C(=O)OC)[C@@H]1C[C@@H]1c2cc(O)c(OC)cc2CCN1C(C)=O. The van der Waals surface area contributed by atoms with Gasteiger partial charge in [0.2, 0.25) is 12.2 Å². The minimum absolute atomic E-state index is 0.0959. The minimum Gasteiger partial charge on any atom is -0.504 e. The van der Waals surface area contributed by atoms with Gasteiger partial charge in [0, 0.05) is 25.3 Å². The summed E-state index contributed by atoms with van der Waals surface area (Å²) in [4.78, 5) is 27.2. The molecular formula is C28H37NO12. The zero-order valence-corrected chi connectivity index (χ0v) is 23.1. The molecule has 3 aliphatic heterocycles. The maximum Gasteiger partial charge on any atom is 0.337 e. The van der Waals surface area contributed by atoms with E-state index in [2.05, 4.69) is 6.58 Å². The monoisotopic (exact) mass is 579 g/mol. The van der Waals surface area contributed by atoms with Crippen molar-refractivity contribution < 1.29 is 58.8 Å². The molecule has 13 heteroatoms. The van der Waals surface area contributed by atoms with Crippen molar-refractivity contribution >= 4 is 11.9 Å². The number of hydrogen-bond donors (Lipinski definition) is 5. The van der Waals surface area contributed by atoms with E-state index in [1.807, 2.05) is 0 Å². The number of aliphatic hydroxyl groups is 4. The number of fused-ring (bicyclic) bond motifs is 1. The fourth-order valence-electron chi connectivity index (χ4n) is 5.78. The quantitative estimate of drug-likeness (QED) is 0.204. The molecule has 1 amide bonds. The van der Waals surface area contributed by atoms with Gasteiger partial charge in [0.1, 0.15) is 24.4 Å². The molecular weight excluding hydrogens is 542 g/mol. The number of aromatic hydroxyl groups is 1. The number of aliphatic hydroxyl groups excluding tert-OH is 4. The number of rotatable bonds is 8. The first-order valence-corrected chi connectivity index (χ1v) is 13.3. The first-order valence-electron chi connectivity index (χ1n) is 13.3. The highest BCUT2D eigenvalue weighted by Gasteiger charge is 2.48. The van der Waals surface area contributed by atoms with Crippen LogP contribution in [0.4, 0.5) is 0 Å². The first-order chi connectivity index (χ1) is 19.6. The molecule has 13 nitrogen and oxygen atoms in total. The third-order valence-corrected chi connectivity index (χ3v) is 8.00. The van der Waals surface area contributed by atoms with E-state index in [1.54, 1.807) is 17.0 Å². The van der Waals surface area contributed by atoms with Crippen LogP contribution in [0.5, 0.6) is 11.5 Å². The molecule has 41 heavy (non-hydrogen) atoms. The number of nitrogens with zero attached hydrogens (tertiary/aromatic N) is 1. The van der Waals surface area contributed by atoms with Crippen molar-refractivity contribution in [1.29, 1.82) is 0 Å². The molecule has 1 aromatic carbocycles. The largest absolute Gasteiger partial charge is 0.504 e. The number of amides is 1.